The Kier molecular flexibility index (Phi) is 4.56. The molecule has 0 atom stereocenters. The van der Waals surface area contributed by atoms with E-state index in [1.165, 1.54) is 18.0 Å². The number of rotatable bonds is 3. The van der Waals surface area contributed by atoms with Crippen molar-refractivity contribution in [2.45, 2.75) is 45.8 Å². The average Bonchev–Trinajstić information content (AvgIpc) is 2.66. The van der Waals surface area contributed by atoms with Gasteiger partial charge in [0.15, 0.2) is 0 Å². The van der Waals surface area contributed by atoms with Crippen molar-refractivity contribution in [2.75, 3.05) is 13.6 Å². The first-order valence-corrected chi connectivity index (χ1v) is 7.61. The summed E-state index contributed by atoms with van der Waals surface area (Å²) < 4.78 is 40.4. The lowest BCUT2D eigenvalue weighted by Crippen LogP contribution is -2.41. The minimum atomic E-state index is -0.987. The van der Waals surface area contributed by atoms with Gasteiger partial charge in [-0.05, 0) is 40.7 Å². The molecule has 2 rings (SSSR count). The minimum absolute atomic E-state index is 0.0258. The molecule has 1 heterocycles. The molecule has 23 heavy (non-hydrogen) atoms. The van der Waals surface area contributed by atoms with E-state index in [4.69, 9.17) is 9.31 Å². The summed E-state index contributed by atoms with van der Waals surface area (Å²) in [4.78, 5) is 13.4. The monoisotopic (exact) mass is 325 g/mol. The Morgan fingerprint density at radius 1 is 1.17 bits per heavy atom. The highest BCUT2D eigenvalue weighted by molar-refractivity contribution is 6.62. The van der Waals surface area contributed by atoms with Crippen LogP contribution < -0.4 is 5.46 Å². The van der Waals surface area contributed by atoms with Gasteiger partial charge in [-0.25, -0.2) is 8.78 Å². The van der Waals surface area contributed by atoms with Crippen molar-refractivity contribution >= 4 is 18.5 Å². The second-order valence-electron chi connectivity index (χ2n) is 6.73. The fraction of sp³-hybridized carbons (Fsp3) is 0.562. The van der Waals surface area contributed by atoms with Crippen molar-refractivity contribution in [3.8, 4) is 0 Å². The summed E-state index contributed by atoms with van der Waals surface area (Å²) in [6, 6.07) is 2.33. The van der Waals surface area contributed by atoms with Gasteiger partial charge in [0.25, 0.3) is 5.91 Å². The standard InChI is InChI=1S/C16H22BF2NO3/c1-7-20(6)14(21)12-11(18)9-8-10(13(12)19)17-22-15(2,3)16(4,5)23-17/h8-9H,7H2,1-6H3. The molecule has 0 bridgehead atoms. The lowest BCUT2D eigenvalue weighted by atomic mass is 9.77. The first-order valence-electron chi connectivity index (χ1n) is 7.61. The third-order valence-corrected chi connectivity index (χ3v) is 4.66. The highest BCUT2D eigenvalue weighted by atomic mass is 19.1. The third-order valence-electron chi connectivity index (χ3n) is 4.66. The van der Waals surface area contributed by atoms with E-state index in [0.29, 0.717) is 6.54 Å². The molecule has 4 nitrogen and oxygen atoms in total. The van der Waals surface area contributed by atoms with Crippen LogP contribution in [0.15, 0.2) is 12.1 Å². The Morgan fingerprint density at radius 3 is 2.17 bits per heavy atom. The van der Waals surface area contributed by atoms with Crippen molar-refractivity contribution < 1.29 is 22.9 Å². The summed E-state index contributed by atoms with van der Waals surface area (Å²) in [7, 11) is 0.502. The molecule has 1 fully saturated rings. The number of amides is 1. The summed E-state index contributed by atoms with van der Waals surface area (Å²) in [5.74, 6) is -2.54. The lowest BCUT2D eigenvalue weighted by Gasteiger charge is -2.32. The molecule has 0 radical (unpaired) electrons. The molecule has 1 saturated heterocycles. The second-order valence-corrected chi connectivity index (χ2v) is 6.73. The van der Waals surface area contributed by atoms with Gasteiger partial charge in [0.05, 0.1) is 11.2 Å². The highest BCUT2D eigenvalue weighted by Gasteiger charge is 2.52. The zero-order chi connectivity index (χ0) is 17.6. The SMILES string of the molecule is CCN(C)C(=O)c1c(F)ccc(B2OC(C)(C)C(C)(C)O2)c1F. The van der Waals surface area contributed by atoms with Crippen LogP contribution in [0.2, 0.25) is 0 Å². The van der Waals surface area contributed by atoms with E-state index >= 15 is 0 Å². The van der Waals surface area contributed by atoms with Gasteiger partial charge in [-0.15, -0.1) is 0 Å². The normalized spacial score (nSPS) is 19.0. The predicted molar refractivity (Wildman–Crippen MR) is 84.7 cm³/mol. The number of hydrogen-bond acceptors (Lipinski definition) is 3. The number of carbonyl (C=O) groups is 1. The topological polar surface area (TPSA) is 38.8 Å². The molecule has 0 aromatic heterocycles. The fourth-order valence-electron chi connectivity index (χ4n) is 2.25. The van der Waals surface area contributed by atoms with Crippen molar-refractivity contribution in [1.29, 1.82) is 0 Å². The summed E-state index contributed by atoms with van der Waals surface area (Å²) in [5, 5.41) is 0. The second kappa shape index (κ2) is 5.87. The molecule has 1 aliphatic heterocycles. The molecule has 1 aliphatic rings. The molecule has 0 saturated carbocycles. The largest absolute Gasteiger partial charge is 0.497 e. The lowest BCUT2D eigenvalue weighted by molar-refractivity contribution is 0.00578. The Bertz CT molecular complexity index is 618. The van der Waals surface area contributed by atoms with Gasteiger partial charge < -0.3 is 14.2 Å². The van der Waals surface area contributed by atoms with Crippen LogP contribution in [0.3, 0.4) is 0 Å². The van der Waals surface area contributed by atoms with Gasteiger partial charge in [-0.2, -0.15) is 0 Å². The molecule has 0 unspecified atom stereocenters. The molecular weight excluding hydrogens is 303 g/mol. The van der Waals surface area contributed by atoms with Crippen LogP contribution >= 0.6 is 0 Å². The Morgan fingerprint density at radius 2 is 1.70 bits per heavy atom. The van der Waals surface area contributed by atoms with Crippen LogP contribution in [-0.4, -0.2) is 42.7 Å². The number of nitrogens with zero attached hydrogens (tertiary/aromatic N) is 1. The Hall–Kier alpha value is -1.47. The van der Waals surface area contributed by atoms with E-state index in [1.807, 2.05) is 27.7 Å². The zero-order valence-electron chi connectivity index (χ0n) is 14.4. The first-order chi connectivity index (χ1) is 10.5. The van der Waals surface area contributed by atoms with Crippen molar-refractivity contribution in [1.82, 2.24) is 4.90 Å². The van der Waals surface area contributed by atoms with E-state index in [2.05, 4.69) is 0 Å². The highest BCUT2D eigenvalue weighted by Crippen LogP contribution is 2.36. The summed E-state index contributed by atoms with van der Waals surface area (Å²) in [6.07, 6.45) is 0. The van der Waals surface area contributed by atoms with Crippen LogP contribution in [0.4, 0.5) is 8.78 Å². The fourth-order valence-corrected chi connectivity index (χ4v) is 2.25. The van der Waals surface area contributed by atoms with E-state index in [0.717, 1.165) is 6.07 Å². The average molecular weight is 325 g/mol. The van der Waals surface area contributed by atoms with Crippen molar-refractivity contribution in [3.63, 3.8) is 0 Å². The molecular formula is C16H22BF2NO3. The van der Waals surface area contributed by atoms with Crippen LogP contribution in [0.5, 0.6) is 0 Å². The van der Waals surface area contributed by atoms with E-state index in [-0.39, 0.29) is 5.46 Å². The van der Waals surface area contributed by atoms with E-state index in [1.54, 1.807) is 6.92 Å². The quantitative estimate of drug-likeness (QED) is 0.801. The van der Waals surface area contributed by atoms with Crippen molar-refractivity contribution in [3.05, 3.63) is 29.3 Å². The van der Waals surface area contributed by atoms with E-state index < -0.39 is 41.4 Å². The van der Waals surface area contributed by atoms with E-state index in [9.17, 15) is 13.6 Å². The number of hydrogen-bond donors (Lipinski definition) is 0. The molecule has 1 aromatic carbocycles. The molecule has 0 aliphatic carbocycles. The molecule has 7 heteroatoms. The van der Waals surface area contributed by atoms with Gasteiger partial charge in [-0.3, -0.25) is 4.79 Å². The van der Waals surface area contributed by atoms with Gasteiger partial charge >= 0.3 is 7.12 Å². The molecule has 1 amide bonds. The molecule has 0 spiro atoms. The van der Waals surface area contributed by atoms with Crippen LogP contribution in [0.25, 0.3) is 0 Å². The van der Waals surface area contributed by atoms with Gasteiger partial charge in [-0.1, -0.05) is 6.07 Å². The Labute approximate surface area is 135 Å². The maximum Gasteiger partial charge on any atom is 0.497 e. The van der Waals surface area contributed by atoms with Gasteiger partial charge in [0.1, 0.15) is 17.2 Å². The Balaban J connectivity index is 2.45. The summed E-state index contributed by atoms with van der Waals surface area (Å²) >= 11 is 0. The van der Waals surface area contributed by atoms with Gasteiger partial charge in [0, 0.05) is 19.1 Å². The maximum atomic E-state index is 14.8. The number of halogens is 2. The van der Waals surface area contributed by atoms with Gasteiger partial charge in [0.2, 0.25) is 0 Å². The number of carbonyl (C=O) groups excluding carboxylic acids is 1. The number of benzene rings is 1. The molecule has 126 valence electrons. The molecule has 0 N–H and O–H groups in total. The minimum Gasteiger partial charge on any atom is -0.399 e. The third kappa shape index (κ3) is 2.99. The zero-order valence-corrected chi connectivity index (χ0v) is 14.4. The molecule has 1 aromatic rings. The first kappa shape index (κ1) is 17.9. The van der Waals surface area contributed by atoms with Crippen LogP contribution in [0.1, 0.15) is 45.0 Å². The maximum absolute atomic E-state index is 14.8. The smallest absolute Gasteiger partial charge is 0.399 e. The van der Waals surface area contributed by atoms with Crippen LogP contribution in [0, 0.1) is 11.6 Å². The van der Waals surface area contributed by atoms with Crippen molar-refractivity contribution in [2.24, 2.45) is 0 Å². The summed E-state index contributed by atoms with van der Waals surface area (Å²) in [6.45, 7) is 9.43. The predicted octanol–water partition coefficient (Wildman–Crippen LogP) is 2.36. The summed E-state index contributed by atoms with van der Waals surface area (Å²) in [5.41, 5.74) is -1.86. The van der Waals surface area contributed by atoms with Crippen LogP contribution in [-0.2, 0) is 9.31 Å².